The predicted molar refractivity (Wildman–Crippen MR) is 57.9 cm³/mol. The van der Waals surface area contributed by atoms with Gasteiger partial charge < -0.3 is 10.1 Å². The summed E-state index contributed by atoms with van der Waals surface area (Å²) in [6.45, 7) is 0. The summed E-state index contributed by atoms with van der Waals surface area (Å²) in [4.78, 5) is 11.7. The highest BCUT2D eigenvalue weighted by molar-refractivity contribution is 9.10. The third-order valence-corrected chi connectivity index (χ3v) is 2.98. The molecule has 0 aliphatic heterocycles. The van der Waals surface area contributed by atoms with Crippen LogP contribution in [0.2, 0.25) is 0 Å². The van der Waals surface area contributed by atoms with Gasteiger partial charge in [-0.15, -0.1) is 0 Å². The molecule has 82 valence electrons. The summed E-state index contributed by atoms with van der Waals surface area (Å²) in [5.74, 6) is 0.402. The van der Waals surface area contributed by atoms with E-state index in [0.29, 0.717) is 22.1 Å². The van der Waals surface area contributed by atoms with Crippen molar-refractivity contribution in [1.82, 2.24) is 15.1 Å². The van der Waals surface area contributed by atoms with Crippen LogP contribution < -0.4 is 10.1 Å². The average molecular weight is 274 g/mol. The van der Waals surface area contributed by atoms with Crippen molar-refractivity contribution >= 4 is 21.8 Å². The molecule has 5 nitrogen and oxygen atoms in total. The number of carbonyl (C=O) groups excluding carboxylic acids is 1. The van der Waals surface area contributed by atoms with Gasteiger partial charge in [-0.1, -0.05) is 0 Å². The van der Waals surface area contributed by atoms with Gasteiger partial charge in [0.05, 0.1) is 7.11 Å². The van der Waals surface area contributed by atoms with Crippen LogP contribution in [0.15, 0.2) is 4.47 Å². The molecule has 1 aromatic rings. The standard InChI is InChI=1S/C9H12BrN3O2/c1-13-9(15-2)6(10)7(12-13)8(14)11-5-3-4-5/h5H,3-4H2,1-2H3,(H,11,14). The normalized spacial score (nSPS) is 15.1. The van der Waals surface area contributed by atoms with Crippen molar-refractivity contribution in [3.63, 3.8) is 0 Å². The number of rotatable bonds is 3. The highest BCUT2D eigenvalue weighted by atomic mass is 79.9. The van der Waals surface area contributed by atoms with Gasteiger partial charge >= 0.3 is 0 Å². The van der Waals surface area contributed by atoms with Crippen LogP contribution in [0.25, 0.3) is 0 Å². The minimum absolute atomic E-state index is 0.150. The summed E-state index contributed by atoms with van der Waals surface area (Å²) in [5.41, 5.74) is 0.376. The summed E-state index contributed by atoms with van der Waals surface area (Å²) in [7, 11) is 3.28. The van der Waals surface area contributed by atoms with E-state index in [-0.39, 0.29) is 5.91 Å². The molecule has 0 spiro atoms. The minimum Gasteiger partial charge on any atom is -0.480 e. The highest BCUT2D eigenvalue weighted by Crippen LogP contribution is 2.28. The summed E-state index contributed by atoms with van der Waals surface area (Å²) >= 11 is 3.30. The second kappa shape index (κ2) is 3.84. The Kier molecular flexibility index (Phi) is 2.68. The first-order valence-electron chi connectivity index (χ1n) is 4.71. The minimum atomic E-state index is -0.150. The van der Waals surface area contributed by atoms with Gasteiger partial charge in [0, 0.05) is 13.1 Å². The zero-order valence-electron chi connectivity index (χ0n) is 8.58. The van der Waals surface area contributed by atoms with Crippen LogP contribution in [0.5, 0.6) is 5.88 Å². The van der Waals surface area contributed by atoms with Crippen LogP contribution >= 0.6 is 15.9 Å². The molecule has 1 heterocycles. The van der Waals surface area contributed by atoms with Crippen molar-refractivity contribution in [3.8, 4) is 5.88 Å². The van der Waals surface area contributed by atoms with Crippen molar-refractivity contribution in [2.45, 2.75) is 18.9 Å². The fraction of sp³-hybridized carbons (Fsp3) is 0.556. The van der Waals surface area contributed by atoms with E-state index in [0.717, 1.165) is 12.8 Å². The number of methoxy groups -OCH3 is 1. The number of ether oxygens (including phenoxy) is 1. The molecule has 0 unspecified atom stereocenters. The first kappa shape index (κ1) is 10.5. The molecule has 1 N–H and O–H groups in total. The lowest BCUT2D eigenvalue weighted by atomic mass is 10.4. The number of carbonyl (C=O) groups is 1. The van der Waals surface area contributed by atoms with E-state index in [9.17, 15) is 4.79 Å². The number of aryl methyl sites for hydroxylation is 1. The van der Waals surface area contributed by atoms with Crippen LogP contribution in [0.4, 0.5) is 0 Å². The first-order chi connectivity index (χ1) is 7.13. The monoisotopic (exact) mass is 273 g/mol. The highest BCUT2D eigenvalue weighted by Gasteiger charge is 2.27. The fourth-order valence-electron chi connectivity index (χ4n) is 1.33. The molecule has 0 bridgehead atoms. The lowest BCUT2D eigenvalue weighted by Gasteiger charge is -1.99. The van der Waals surface area contributed by atoms with Gasteiger partial charge in [0.2, 0.25) is 5.88 Å². The van der Waals surface area contributed by atoms with Crippen molar-refractivity contribution in [2.75, 3.05) is 7.11 Å². The van der Waals surface area contributed by atoms with E-state index in [1.165, 1.54) is 4.68 Å². The predicted octanol–water partition coefficient (Wildman–Crippen LogP) is 1.08. The molecule has 15 heavy (non-hydrogen) atoms. The molecule has 6 heteroatoms. The van der Waals surface area contributed by atoms with Gasteiger partial charge in [-0.05, 0) is 28.8 Å². The van der Waals surface area contributed by atoms with Crippen LogP contribution in [-0.2, 0) is 7.05 Å². The molecule has 1 aliphatic carbocycles. The van der Waals surface area contributed by atoms with Gasteiger partial charge in [0.25, 0.3) is 5.91 Å². The molecule has 1 saturated carbocycles. The topological polar surface area (TPSA) is 56.1 Å². The lowest BCUT2D eigenvalue weighted by Crippen LogP contribution is -2.26. The maximum atomic E-state index is 11.7. The van der Waals surface area contributed by atoms with Crippen LogP contribution in [0.3, 0.4) is 0 Å². The second-order valence-corrected chi connectivity index (χ2v) is 4.34. The number of aromatic nitrogens is 2. The molecule has 0 aromatic carbocycles. The van der Waals surface area contributed by atoms with Crippen molar-refractivity contribution in [3.05, 3.63) is 10.2 Å². The van der Waals surface area contributed by atoms with Gasteiger partial charge in [-0.2, -0.15) is 5.10 Å². The molecular formula is C9H12BrN3O2. The summed E-state index contributed by atoms with van der Waals surface area (Å²) < 4.78 is 7.24. The lowest BCUT2D eigenvalue weighted by molar-refractivity contribution is 0.0944. The number of hydrogen-bond donors (Lipinski definition) is 1. The van der Waals surface area contributed by atoms with Crippen molar-refractivity contribution in [2.24, 2.45) is 7.05 Å². The van der Waals surface area contributed by atoms with Gasteiger partial charge in [0.1, 0.15) is 4.47 Å². The van der Waals surface area contributed by atoms with Crippen molar-refractivity contribution < 1.29 is 9.53 Å². The summed E-state index contributed by atoms with van der Waals surface area (Å²) in [6.07, 6.45) is 2.13. The number of nitrogens with one attached hydrogen (secondary N) is 1. The Hall–Kier alpha value is -1.04. The van der Waals surface area contributed by atoms with Crippen LogP contribution in [-0.4, -0.2) is 28.8 Å². The molecule has 1 aliphatic rings. The van der Waals surface area contributed by atoms with Gasteiger partial charge in [0.15, 0.2) is 5.69 Å². The summed E-state index contributed by atoms with van der Waals surface area (Å²) in [5, 5.41) is 6.97. The number of hydrogen-bond acceptors (Lipinski definition) is 3. The second-order valence-electron chi connectivity index (χ2n) is 3.54. The van der Waals surface area contributed by atoms with E-state index in [2.05, 4.69) is 26.3 Å². The maximum absolute atomic E-state index is 11.7. The van der Waals surface area contributed by atoms with E-state index >= 15 is 0 Å². The van der Waals surface area contributed by atoms with E-state index in [1.54, 1.807) is 14.2 Å². The Labute approximate surface area is 95.9 Å². The van der Waals surface area contributed by atoms with Crippen LogP contribution in [0.1, 0.15) is 23.3 Å². The van der Waals surface area contributed by atoms with E-state index in [4.69, 9.17) is 4.74 Å². The fourth-order valence-corrected chi connectivity index (χ4v) is 2.01. The third kappa shape index (κ3) is 1.99. The Bertz CT molecular complexity index is 398. The third-order valence-electron chi connectivity index (χ3n) is 2.26. The Morgan fingerprint density at radius 2 is 2.33 bits per heavy atom. The number of nitrogens with zero attached hydrogens (tertiary/aromatic N) is 2. The maximum Gasteiger partial charge on any atom is 0.273 e. The van der Waals surface area contributed by atoms with Gasteiger partial charge in [-0.3, -0.25) is 4.79 Å². The quantitative estimate of drug-likeness (QED) is 0.897. The van der Waals surface area contributed by atoms with Gasteiger partial charge in [-0.25, -0.2) is 4.68 Å². The van der Waals surface area contributed by atoms with E-state index in [1.807, 2.05) is 0 Å². The molecule has 0 radical (unpaired) electrons. The van der Waals surface area contributed by atoms with E-state index < -0.39 is 0 Å². The molecule has 0 atom stereocenters. The Balaban J connectivity index is 2.22. The molecule has 1 fully saturated rings. The average Bonchev–Trinajstić information content (AvgIpc) is 2.93. The zero-order chi connectivity index (χ0) is 11.0. The SMILES string of the molecule is COc1c(Br)c(C(=O)NC2CC2)nn1C. The number of halogens is 1. The molecular weight excluding hydrogens is 262 g/mol. The molecule has 1 aromatic heterocycles. The smallest absolute Gasteiger partial charge is 0.273 e. The van der Waals surface area contributed by atoms with Crippen molar-refractivity contribution in [1.29, 1.82) is 0 Å². The number of amides is 1. The zero-order valence-corrected chi connectivity index (χ0v) is 10.2. The largest absolute Gasteiger partial charge is 0.480 e. The molecule has 1 amide bonds. The van der Waals surface area contributed by atoms with Crippen LogP contribution in [0, 0.1) is 0 Å². The molecule has 2 rings (SSSR count). The Morgan fingerprint density at radius 3 is 2.80 bits per heavy atom. The Morgan fingerprint density at radius 1 is 1.67 bits per heavy atom. The first-order valence-corrected chi connectivity index (χ1v) is 5.50. The molecule has 0 saturated heterocycles. The summed E-state index contributed by atoms with van der Waals surface area (Å²) in [6, 6.07) is 0.331.